The van der Waals surface area contributed by atoms with Gasteiger partial charge in [0.25, 0.3) is 5.91 Å². The monoisotopic (exact) mass is 419 g/mol. The minimum absolute atomic E-state index is 0.0591. The van der Waals surface area contributed by atoms with E-state index in [1.165, 1.54) is 5.57 Å². The van der Waals surface area contributed by atoms with Crippen LogP contribution in [0.2, 0.25) is 0 Å². The Morgan fingerprint density at radius 2 is 1.61 bits per heavy atom. The van der Waals surface area contributed by atoms with E-state index in [-0.39, 0.29) is 17.6 Å². The first-order chi connectivity index (χ1) is 14.9. The molecule has 4 nitrogen and oxygen atoms in total. The van der Waals surface area contributed by atoms with Gasteiger partial charge >= 0.3 is 0 Å². The van der Waals surface area contributed by atoms with Crippen LogP contribution in [0.3, 0.4) is 0 Å². The van der Waals surface area contributed by atoms with Crippen LogP contribution in [0.15, 0.2) is 77.9 Å². The fourth-order valence-corrected chi connectivity index (χ4v) is 3.20. The minimum atomic E-state index is -0.0908. The molecule has 0 aliphatic carbocycles. The maximum atomic E-state index is 12.1. The molecule has 0 fully saturated rings. The quantitative estimate of drug-likeness (QED) is 0.486. The largest absolute Gasteiger partial charge is 0.490 e. The van der Waals surface area contributed by atoms with Crippen molar-refractivity contribution in [1.29, 1.82) is 0 Å². The number of nitrogens with one attached hydrogen (secondary N) is 1. The zero-order valence-electron chi connectivity index (χ0n) is 19.0. The van der Waals surface area contributed by atoms with E-state index in [0.717, 1.165) is 29.7 Å². The fourth-order valence-electron chi connectivity index (χ4n) is 3.20. The van der Waals surface area contributed by atoms with Crippen LogP contribution in [0.5, 0.6) is 5.75 Å². The summed E-state index contributed by atoms with van der Waals surface area (Å²) < 4.78 is 5.81. The van der Waals surface area contributed by atoms with Gasteiger partial charge in [0.15, 0.2) is 0 Å². The second-order valence-electron chi connectivity index (χ2n) is 7.96. The Kier molecular flexibility index (Phi) is 9.76. The molecule has 1 N–H and O–H groups in total. The van der Waals surface area contributed by atoms with E-state index in [1.807, 2.05) is 69.3 Å². The SMILES string of the molecule is CC(=O)C(CC=C(C)C)C(C)=CCOc1ccc(CCNC(=O)c2ccccc2)cc1. The summed E-state index contributed by atoms with van der Waals surface area (Å²) in [5.74, 6) is 0.808. The van der Waals surface area contributed by atoms with Gasteiger partial charge in [0.2, 0.25) is 0 Å². The number of Topliss-reactive ketones (excluding diaryl/α,β-unsaturated/α-hetero) is 1. The average Bonchev–Trinajstić information content (AvgIpc) is 2.75. The average molecular weight is 420 g/mol. The maximum absolute atomic E-state index is 12.1. The molecule has 31 heavy (non-hydrogen) atoms. The second kappa shape index (κ2) is 12.5. The Morgan fingerprint density at radius 3 is 2.23 bits per heavy atom. The molecule has 4 heteroatoms. The third kappa shape index (κ3) is 8.63. The van der Waals surface area contributed by atoms with Gasteiger partial charge in [0.05, 0.1) is 0 Å². The highest BCUT2D eigenvalue weighted by molar-refractivity contribution is 5.94. The molecule has 0 radical (unpaired) electrons. The van der Waals surface area contributed by atoms with Crippen molar-refractivity contribution >= 4 is 11.7 Å². The van der Waals surface area contributed by atoms with Crippen molar-refractivity contribution in [1.82, 2.24) is 5.32 Å². The molecule has 0 aliphatic heterocycles. The summed E-state index contributed by atoms with van der Waals surface area (Å²) in [5.41, 5.74) is 4.05. The lowest BCUT2D eigenvalue weighted by Crippen LogP contribution is -2.25. The fraction of sp³-hybridized carbons (Fsp3) is 0.333. The molecule has 0 saturated carbocycles. The topological polar surface area (TPSA) is 55.4 Å². The van der Waals surface area contributed by atoms with Crippen LogP contribution in [0.1, 0.15) is 50.0 Å². The van der Waals surface area contributed by atoms with Gasteiger partial charge in [-0.05, 0) is 76.4 Å². The van der Waals surface area contributed by atoms with Crippen molar-refractivity contribution in [3.8, 4) is 5.75 Å². The third-order valence-corrected chi connectivity index (χ3v) is 5.12. The highest BCUT2D eigenvalue weighted by Gasteiger charge is 2.14. The van der Waals surface area contributed by atoms with Gasteiger partial charge in [0, 0.05) is 18.0 Å². The number of benzene rings is 2. The van der Waals surface area contributed by atoms with Crippen molar-refractivity contribution in [2.24, 2.45) is 5.92 Å². The summed E-state index contributed by atoms with van der Waals surface area (Å²) in [6, 6.07) is 17.1. The Balaban J connectivity index is 1.80. The molecule has 0 bridgehead atoms. The molecule has 1 unspecified atom stereocenters. The van der Waals surface area contributed by atoms with Gasteiger partial charge in [-0.2, -0.15) is 0 Å². The standard InChI is InChI=1S/C27H33NO3/c1-20(2)10-15-26(22(4)29)21(3)17-19-31-25-13-11-23(12-14-25)16-18-28-27(30)24-8-6-5-7-9-24/h5-14,17,26H,15-16,18-19H2,1-4H3,(H,28,30). The molecule has 0 aliphatic rings. The first kappa shape index (κ1) is 24.1. The third-order valence-electron chi connectivity index (χ3n) is 5.12. The molecule has 0 saturated heterocycles. The summed E-state index contributed by atoms with van der Waals surface area (Å²) >= 11 is 0. The number of allylic oxidation sites excluding steroid dienone is 3. The smallest absolute Gasteiger partial charge is 0.251 e. The Bertz CT molecular complexity index is 907. The molecule has 0 spiro atoms. The molecular weight excluding hydrogens is 386 g/mol. The Hall–Kier alpha value is -3.14. The lowest BCUT2D eigenvalue weighted by atomic mass is 9.92. The summed E-state index contributed by atoms with van der Waals surface area (Å²) in [7, 11) is 0. The zero-order chi connectivity index (χ0) is 22.6. The van der Waals surface area contributed by atoms with Gasteiger partial charge in [-0.3, -0.25) is 9.59 Å². The van der Waals surface area contributed by atoms with E-state index in [1.54, 1.807) is 19.1 Å². The highest BCUT2D eigenvalue weighted by atomic mass is 16.5. The summed E-state index contributed by atoms with van der Waals surface area (Å²) in [6.07, 6.45) is 5.57. The van der Waals surface area contributed by atoms with Gasteiger partial charge in [-0.25, -0.2) is 0 Å². The van der Waals surface area contributed by atoms with E-state index >= 15 is 0 Å². The molecule has 2 aromatic rings. The first-order valence-electron chi connectivity index (χ1n) is 10.7. The predicted octanol–water partition coefficient (Wildman–Crippen LogP) is 5.55. The maximum Gasteiger partial charge on any atom is 0.251 e. The number of ether oxygens (including phenoxy) is 1. The number of carbonyl (C=O) groups excluding carboxylic acids is 2. The van der Waals surface area contributed by atoms with Crippen LogP contribution in [0, 0.1) is 5.92 Å². The van der Waals surface area contributed by atoms with Crippen LogP contribution < -0.4 is 10.1 Å². The summed E-state index contributed by atoms with van der Waals surface area (Å²) in [4.78, 5) is 24.0. The number of ketones is 1. The molecule has 1 atom stereocenters. The van der Waals surface area contributed by atoms with Crippen LogP contribution in [-0.4, -0.2) is 24.8 Å². The zero-order valence-corrected chi connectivity index (χ0v) is 19.0. The van der Waals surface area contributed by atoms with Crippen LogP contribution in [0.4, 0.5) is 0 Å². The van der Waals surface area contributed by atoms with Crippen molar-refractivity contribution in [2.75, 3.05) is 13.2 Å². The van der Waals surface area contributed by atoms with Crippen LogP contribution in [-0.2, 0) is 11.2 Å². The van der Waals surface area contributed by atoms with Gasteiger partial charge in [0.1, 0.15) is 18.1 Å². The first-order valence-corrected chi connectivity index (χ1v) is 10.7. The number of hydrogen-bond acceptors (Lipinski definition) is 3. The van der Waals surface area contributed by atoms with Crippen molar-refractivity contribution in [3.63, 3.8) is 0 Å². The molecule has 0 aromatic heterocycles. The van der Waals surface area contributed by atoms with Crippen molar-refractivity contribution in [2.45, 2.75) is 40.5 Å². The van der Waals surface area contributed by atoms with E-state index in [4.69, 9.17) is 4.74 Å². The molecule has 164 valence electrons. The predicted molar refractivity (Wildman–Crippen MR) is 126 cm³/mol. The molecule has 2 rings (SSSR count). The molecule has 0 heterocycles. The number of amides is 1. The van der Waals surface area contributed by atoms with Gasteiger partial charge in [-0.1, -0.05) is 47.6 Å². The molecule has 2 aromatic carbocycles. The van der Waals surface area contributed by atoms with E-state index < -0.39 is 0 Å². The van der Waals surface area contributed by atoms with E-state index in [0.29, 0.717) is 18.7 Å². The lowest BCUT2D eigenvalue weighted by molar-refractivity contribution is -0.119. The minimum Gasteiger partial charge on any atom is -0.490 e. The van der Waals surface area contributed by atoms with Gasteiger partial charge < -0.3 is 10.1 Å². The lowest BCUT2D eigenvalue weighted by Gasteiger charge is -2.13. The Labute approximate surface area is 186 Å². The molecule has 1 amide bonds. The summed E-state index contributed by atoms with van der Waals surface area (Å²) in [6.45, 7) is 8.72. The number of rotatable bonds is 11. The molecular formula is C27H33NO3. The summed E-state index contributed by atoms with van der Waals surface area (Å²) in [5, 5.41) is 2.94. The van der Waals surface area contributed by atoms with Crippen LogP contribution >= 0.6 is 0 Å². The normalized spacial score (nSPS) is 12.1. The highest BCUT2D eigenvalue weighted by Crippen LogP contribution is 2.19. The van der Waals surface area contributed by atoms with Crippen molar-refractivity contribution < 1.29 is 14.3 Å². The number of carbonyl (C=O) groups is 2. The van der Waals surface area contributed by atoms with Gasteiger partial charge in [-0.15, -0.1) is 0 Å². The van der Waals surface area contributed by atoms with E-state index in [9.17, 15) is 9.59 Å². The number of hydrogen-bond donors (Lipinski definition) is 1. The van der Waals surface area contributed by atoms with Crippen molar-refractivity contribution in [3.05, 3.63) is 89.0 Å². The van der Waals surface area contributed by atoms with E-state index in [2.05, 4.69) is 11.4 Å². The Morgan fingerprint density at radius 1 is 0.935 bits per heavy atom. The second-order valence-corrected chi connectivity index (χ2v) is 7.96. The van der Waals surface area contributed by atoms with Crippen LogP contribution in [0.25, 0.3) is 0 Å².